The SMILES string of the molecule is COc1ccc(NC(=O)CCc2ccncc2)cc1C. The van der Waals surface area contributed by atoms with E-state index in [1.165, 1.54) is 0 Å². The first kappa shape index (κ1) is 14.1. The third kappa shape index (κ3) is 3.82. The predicted octanol–water partition coefficient (Wildman–Crippen LogP) is 2.97. The number of rotatable bonds is 5. The Kier molecular flexibility index (Phi) is 4.71. The largest absolute Gasteiger partial charge is 0.496 e. The Labute approximate surface area is 118 Å². The van der Waals surface area contributed by atoms with Crippen molar-refractivity contribution < 1.29 is 9.53 Å². The molecule has 0 spiro atoms. The average molecular weight is 270 g/mol. The summed E-state index contributed by atoms with van der Waals surface area (Å²) in [6.07, 6.45) is 4.64. The van der Waals surface area contributed by atoms with Crippen molar-refractivity contribution in [2.75, 3.05) is 12.4 Å². The fourth-order valence-corrected chi connectivity index (χ4v) is 1.99. The van der Waals surface area contributed by atoms with Crippen LogP contribution in [0, 0.1) is 6.92 Å². The molecule has 1 aromatic carbocycles. The van der Waals surface area contributed by atoms with Crippen LogP contribution < -0.4 is 10.1 Å². The topological polar surface area (TPSA) is 51.2 Å². The first-order chi connectivity index (χ1) is 9.69. The third-order valence-electron chi connectivity index (χ3n) is 3.07. The Balaban J connectivity index is 1.90. The van der Waals surface area contributed by atoms with Gasteiger partial charge in [-0.15, -0.1) is 0 Å². The van der Waals surface area contributed by atoms with E-state index in [2.05, 4.69) is 10.3 Å². The second kappa shape index (κ2) is 6.70. The second-order valence-corrected chi connectivity index (χ2v) is 4.59. The van der Waals surface area contributed by atoms with Crippen LogP contribution in [0.25, 0.3) is 0 Å². The lowest BCUT2D eigenvalue weighted by molar-refractivity contribution is -0.116. The van der Waals surface area contributed by atoms with Gasteiger partial charge in [-0.25, -0.2) is 0 Å². The van der Waals surface area contributed by atoms with E-state index in [4.69, 9.17) is 4.74 Å². The van der Waals surface area contributed by atoms with E-state index in [0.29, 0.717) is 12.8 Å². The molecule has 4 nitrogen and oxygen atoms in total. The summed E-state index contributed by atoms with van der Waals surface area (Å²) in [7, 11) is 1.63. The highest BCUT2D eigenvalue weighted by molar-refractivity contribution is 5.91. The van der Waals surface area contributed by atoms with Crippen LogP contribution in [0.1, 0.15) is 17.5 Å². The van der Waals surface area contributed by atoms with Gasteiger partial charge in [-0.05, 0) is 54.8 Å². The van der Waals surface area contributed by atoms with Crippen molar-refractivity contribution in [1.82, 2.24) is 4.98 Å². The monoisotopic (exact) mass is 270 g/mol. The molecule has 1 aromatic heterocycles. The zero-order valence-corrected chi connectivity index (χ0v) is 11.7. The number of amides is 1. The number of nitrogens with one attached hydrogen (secondary N) is 1. The Bertz CT molecular complexity index is 582. The fourth-order valence-electron chi connectivity index (χ4n) is 1.99. The zero-order chi connectivity index (χ0) is 14.4. The number of ether oxygens (including phenoxy) is 1. The Hall–Kier alpha value is -2.36. The lowest BCUT2D eigenvalue weighted by atomic mass is 10.1. The van der Waals surface area contributed by atoms with Crippen molar-refractivity contribution >= 4 is 11.6 Å². The summed E-state index contributed by atoms with van der Waals surface area (Å²) in [6.45, 7) is 1.95. The molecular formula is C16H18N2O2. The minimum atomic E-state index is 0.00591. The van der Waals surface area contributed by atoms with Crippen molar-refractivity contribution in [3.05, 3.63) is 53.9 Å². The quantitative estimate of drug-likeness (QED) is 0.908. The van der Waals surface area contributed by atoms with Crippen molar-refractivity contribution in [1.29, 1.82) is 0 Å². The van der Waals surface area contributed by atoms with Crippen LogP contribution in [-0.2, 0) is 11.2 Å². The maximum absolute atomic E-state index is 11.9. The van der Waals surface area contributed by atoms with Crippen molar-refractivity contribution in [3.8, 4) is 5.75 Å². The van der Waals surface area contributed by atoms with Gasteiger partial charge in [-0.2, -0.15) is 0 Å². The van der Waals surface area contributed by atoms with E-state index in [9.17, 15) is 4.79 Å². The maximum atomic E-state index is 11.9. The van der Waals surface area contributed by atoms with Gasteiger partial charge in [0.1, 0.15) is 5.75 Å². The molecule has 1 amide bonds. The summed E-state index contributed by atoms with van der Waals surface area (Å²) in [5.74, 6) is 0.825. The lowest BCUT2D eigenvalue weighted by Crippen LogP contribution is -2.12. The van der Waals surface area contributed by atoms with E-state index < -0.39 is 0 Å². The van der Waals surface area contributed by atoms with E-state index in [1.807, 2.05) is 37.3 Å². The molecule has 4 heteroatoms. The molecule has 1 N–H and O–H groups in total. The van der Waals surface area contributed by atoms with Crippen molar-refractivity contribution in [2.24, 2.45) is 0 Å². The number of hydrogen-bond acceptors (Lipinski definition) is 3. The molecular weight excluding hydrogens is 252 g/mol. The summed E-state index contributed by atoms with van der Waals surface area (Å²) in [5.41, 5.74) is 2.91. The second-order valence-electron chi connectivity index (χ2n) is 4.59. The molecule has 1 heterocycles. The standard InChI is InChI=1S/C16H18N2O2/c1-12-11-14(4-5-15(12)20-2)18-16(19)6-3-13-7-9-17-10-8-13/h4-5,7-11H,3,6H2,1-2H3,(H,18,19). The number of aryl methyl sites for hydroxylation is 2. The van der Waals surface area contributed by atoms with Gasteiger partial charge < -0.3 is 10.1 Å². The Morgan fingerprint density at radius 2 is 2.00 bits per heavy atom. The Morgan fingerprint density at radius 1 is 1.25 bits per heavy atom. The van der Waals surface area contributed by atoms with Gasteiger partial charge in [-0.3, -0.25) is 9.78 Å². The molecule has 0 saturated carbocycles. The molecule has 104 valence electrons. The minimum absolute atomic E-state index is 0.00591. The molecule has 2 aromatic rings. The molecule has 0 unspecified atom stereocenters. The van der Waals surface area contributed by atoms with Crippen LogP contribution >= 0.6 is 0 Å². The van der Waals surface area contributed by atoms with Gasteiger partial charge in [-0.1, -0.05) is 0 Å². The summed E-state index contributed by atoms with van der Waals surface area (Å²) < 4.78 is 5.19. The van der Waals surface area contributed by atoms with Crippen LogP contribution in [-0.4, -0.2) is 18.0 Å². The number of nitrogens with zero attached hydrogens (tertiary/aromatic N) is 1. The van der Waals surface area contributed by atoms with Gasteiger partial charge in [0, 0.05) is 24.5 Å². The first-order valence-corrected chi connectivity index (χ1v) is 6.52. The Morgan fingerprint density at radius 3 is 2.65 bits per heavy atom. The number of pyridine rings is 1. The number of carbonyl (C=O) groups excluding carboxylic acids is 1. The average Bonchev–Trinajstić information content (AvgIpc) is 2.46. The molecule has 0 bridgehead atoms. The third-order valence-corrected chi connectivity index (χ3v) is 3.07. The highest BCUT2D eigenvalue weighted by atomic mass is 16.5. The summed E-state index contributed by atoms with van der Waals surface area (Å²) in [5, 5.41) is 2.89. The van der Waals surface area contributed by atoms with Gasteiger partial charge in [0.2, 0.25) is 5.91 Å². The number of aromatic nitrogens is 1. The zero-order valence-electron chi connectivity index (χ0n) is 11.7. The van der Waals surface area contributed by atoms with Gasteiger partial charge in [0.05, 0.1) is 7.11 Å². The molecule has 20 heavy (non-hydrogen) atoms. The van der Waals surface area contributed by atoms with E-state index in [1.54, 1.807) is 19.5 Å². The predicted molar refractivity (Wildman–Crippen MR) is 78.9 cm³/mol. The molecule has 0 aliphatic heterocycles. The first-order valence-electron chi connectivity index (χ1n) is 6.52. The van der Waals surface area contributed by atoms with Gasteiger partial charge in [0.25, 0.3) is 0 Å². The number of anilines is 1. The van der Waals surface area contributed by atoms with E-state index in [-0.39, 0.29) is 5.91 Å². The van der Waals surface area contributed by atoms with Crippen LogP contribution in [0.15, 0.2) is 42.7 Å². The maximum Gasteiger partial charge on any atom is 0.224 e. The molecule has 0 aliphatic carbocycles. The molecule has 0 atom stereocenters. The highest BCUT2D eigenvalue weighted by Gasteiger charge is 2.05. The highest BCUT2D eigenvalue weighted by Crippen LogP contribution is 2.21. The number of hydrogen-bond donors (Lipinski definition) is 1. The van der Waals surface area contributed by atoms with Crippen LogP contribution in [0.3, 0.4) is 0 Å². The summed E-state index contributed by atoms with van der Waals surface area (Å²) >= 11 is 0. The van der Waals surface area contributed by atoms with Crippen LogP contribution in [0.2, 0.25) is 0 Å². The number of methoxy groups -OCH3 is 1. The van der Waals surface area contributed by atoms with Crippen LogP contribution in [0.5, 0.6) is 5.75 Å². The van der Waals surface area contributed by atoms with Crippen LogP contribution in [0.4, 0.5) is 5.69 Å². The van der Waals surface area contributed by atoms with E-state index in [0.717, 1.165) is 22.6 Å². The van der Waals surface area contributed by atoms with Crippen molar-refractivity contribution in [3.63, 3.8) is 0 Å². The molecule has 0 aliphatic rings. The number of carbonyl (C=O) groups is 1. The van der Waals surface area contributed by atoms with Gasteiger partial charge >= 0.3 is 0 Å². The molecule has 0 fully saturated rings. The number of benzene rings is 1. The van der Waals surface area contributed by atoms with Crippen molar-refractivity contribution in [2.45, 2.75) is 19.8 Å². The molecule has 0 saturated heterocycles. The fraction of sp³-hybridized carbons (Fsp3) is 0.250. The summed E-state index contributed by atoms with van der Waals surface area (Å²) in [4.78, 5) is 15.8. The minimum Gasteiger partial charge on any atom is -0.496 e. The van der Waals surface area contributed by atoms with Gasteiger partial charge in [0.15, 0.2) is 0 Å². The molecule has 2 rings (SSSR count). The molecule has 0 radical (unpaired) electrons. The smallest absolute Gasteiger partial charge is 0.224 e. The lowest BCUT2D eigenvalue weighted by Gasteiger charge is -2.09. The van der Waals surface area contributed by atoms with E-state index >= 15 is 0 Å². The normalized spacial score (nSPS) is 10.1. The summed E-state index contributed by atoms with van der Waals surface area (Å²) in [6, 6.07) is 9.45.